The number of hydrogen-bond acceptors (Lipinski definition) is 5. The van der Waals surface area contributed by atoms with Crippen LogP contribution in [0.15, 0.2) is 53.9 Å². The SMILES string of the molecule is COc1ccc(-c2csc(NC(=O)CNC(=O)Cc3ccccc3)n2)cc1F. The van der Waals surface area contributed by atoms with E-state index in [1.165, 1.54) is 30.6 Å². The van der Waals surface area contributed by atoms with Gasteiger partial charge in [0.05, 0.1) is 25.8 Å². The number of benzene rings is 2. The van der Waals surface area contributed by atoms with Gasteiger partial charge in [-0.3, -0.25) is 9.59 Å². The van der Waals surface area contributed by atoms with Gasteiger partial charge in [0.25, 0.3) is 0 Å². The summed E-state index contributed by atoms with van der Waals surface area (Å²) < 4.78 is 18.7. The average molecular weight is 399 g/mol. The van der Waals surface area contributed by atoms with Crippen LogP contribution in [0.3, 0.4) is 0 Å². The molecule has 6 nitrogen and oxygen atoms in total. The summed E-state index contributed by atoms with van der Waals surface area (Å²) in [6, 6.07) is 13.8. The number of carbonyl (C=O) groups excluding carboxylic acids is 2. The fourth-order valence-corrected chi connectivity index (χ4v) is 3.21. The van der Waals surface area contributed by atoms with Crippen molar-refractivity contribution < 1.29 is 18.7 Å². The first-order valence-electron chi connectivity index (χ1n) is 8.45. The van der Waals surface area contributed by atoms with Crippen LogP contribution < -0.4 is 15.4 Å². The molecular formula is C20H18FN3O3S. The van der Waals surface area contributed by atoms with E-state index in [0.29, 0.717) is 16.4 Å². The van der Waals surface area contributed by atoms with Crippen molar-refractivity contribution in [2.45, 2.75) is 6.42 Å². The Morgan fingerprint density at radius 3 is 2.64 bits per heavy atom. The van der Waals surface area contributed by atoms with E-state index in [0.717, 1.165) is 5.56 Å². The monoisotopic (exact) mass is 399 g/mol. The van der Waals surface area contributed by atoms with E-state index in [1.54, 1.807) is 11.4 Å². The van der Waals surface area contributed by atoms with Crippen molar-refractivity contribution in [3.63, 3.8) is 0 Å². The molecule has 0 aliphatic carbocycles. The number of thiazole rings is 1. The summed E-state index contributed by atoms with van der Waals surface area (Å²) in [5.74, 6) is -0.962. The minimum Gasteiger partial charge on any atom is -0.494 e. The molecular weight excluding hydrogens is 381 g/mol. The van der Waals surface area contributed by atoms with Gasteiger partial charge in [-0.1, -0.05) is 30.3 Å². The molecule has 1 aromatic heterocycles. The molecule has 3 rings (SSSR count). The van der Waals surface area contributed by atoms with Gasteiger partial charge in [0, 0.05) is 10.9 Å². The molecule has 0 aliphatic rings. The van der Waals surface area contributed by atoms with E-state index in [9.17, 15) is 14.0 Å². The summed E-state index contributed by atoms with van der Waals surface area (Å²) in [5, 5.41) is 7.28. The summed E-state index contributed by atoms with van der Waals surface area (Å²) in [4.78, 5) is 28.2. The fourth-order valence-electron chi connectivity index (χ4n) is 2.48. The largest absolute Gasteiger partial charge is 0.494 e. The Morgan fingerprint density at radius 1 is 1.14 bits per heavy atom. The van der Waals surface area contributed by atoms with Crippen molar-refractivity contribution in [3.05, 3.63) is 65.3 Å². The molecule has 2 amide bonds. The minimum absolute atomic E-state index is 0.152. The Labute approximate surface area is 165 Å². The average Bonchev–Trinajstić information content (AvgIpc) is 3.15. The van der Waals surface area contributed by atoms with Crippen LogP contribution in [0.1, 0.15) is 5.56 Å². The van der Waals surface area contributed by atoms with Crippen LogP contribution >= 0.6 is 11.3 Å². The number of carbonyl (C=O) groups is 2. The summed E-state index contributed by atoms with van der Waals surface area (Å²) >= 11 is 1.22. The Bertz CT molecular complexity index is 976. The molecule has 0 fully saturated rings. The second-order valence-electron chi connectivity index (χ2n) is 5.87. The van der Waals surface area contributed by atoms with Crippen molar-refractivity contribution in [1.82, 2.24) is 10.3 Å². The summed E-state index contributed by atoms with van der Waals surface area (Å²) in [7, 11) is 1.40. The van der Waals surface area contributed by atoms with Crippen molar-refractivity contribution in [2.24, 2.45) is 0 Å². The van der Waals surface area contributed by atoms with Crippen molar-refractivity contribution in [2.75, 3.05) is 19.0 Å². The number of halogens is 1. The molecule has 0 atom stereocenters. The third-order valence-electron chi connectivity index (χ3n) is 3.85. The van der Waals surface area contributed by atoms with Crippen molar-refractivity contribution in [3.8, 4) is 17.0 Å². The molecule has 0 saturated carbocycles. The second-order valence-corrected chi connectivity index (χ2v) is 6.73. The molecule has 0 aliphatic heterocycles. The van der Waals surface area contributed by atoms with Gasteiger partial charge in [0.15, 0.2) is 16.7 Å². The zero-order valence-corrected chi connectivity index (χ0v) is 15.9. The first-order valence-corrected chi connectivity index (χ1v) is 9.33. The number of methoxy groups -OCH3 is 1. The topological polar surface area (TPSA) is 80.3 Å². The predicted molar refractivity (Wildman–Crippen MR) is 106 cm³/mol. The molecule has 2 aromatic carbocycles. The van der Waals surface area contributed by atoms with Crippen molar-refractivity contribution in [1.29, 1.82) is 0 Å². The molecule has 0 unspecified atom stereocenters. The van der Waals surface area contributed by atoms with Gasteiger partial charge in [-0.25, -0.2) is 9.37 Å². The Kier molecular flexibility index (Phi) is 6.33. The second kappa shape index (κ2) is 9.09. The normalized spacial score (nSPS) is 10.4. The summed E-state index contributed by atoms with van der Waals surface area (Å²) in [6.45, 7) is -0.155. The predicted octanol–water partition coefficient (Wildman–Crippen LogP) is 3.26. The van der Waals surface area contributed by atoms with E-state index in [-0.39, 0.29) is 30.5 Å². The van der Waals surface area contributed by atoms with Gasteiger partial charge in [-0.2, -0.15) is 0 Å². The first kappa shape index (κ1) is 19.5. The maximum atomic E-state index is 13.8. The van der Waals surface area contributed by atoms with Gasteiger partial charge in [-0.05, 0) is 23.8 Å². The Balaban J connectivity index is 1.52. The molecule has 0 radical (unpaired) electrons. The summed E-state index contributed by atoms with van der Waals surface area (Å²) in [5.41, 5.74) is 1.98. The molecule has 8 heteroatoms. The minimum atomic E-state index is -0.486. The van der Waals surface area contributed by atoms with Crippen molar-refractivity contribution >= 4 is 28.3 Å². The van der Waals surface area contributed by atoms with Gasteiger partial charge >= 0.3 is 0 Å². The van der Waals surface area contributed by atoms with Crippen LogP contribution in [0, 0.1) is 5.82 Å². The van der Waals surface area contributed by atoms with Gasteiger partial charge in [-0.15, -0.1) is 11.3 Å². The highest BCUT2D eigenvalue weighted by Gasteiger charge is 2.11. The zero-order valence-electron chi connectivity index (χ0n) is 15.1. The van der Waals surface area contributed by atoms with Gasteiger partial charge < -0.3 is 15.4 Å². The van der Waals surface area contributed by atoms with E-state index in [4.69, 9.17) is 4.74 Å². The molecule has 1 heterocycles. The number of nitrogens with zero attached hydrogens (tertiary/aromatic N) is 1. The molecule has 0 spiro atoms. The highest BCUT2D eigenvalue weighted by atomic mass is 32.1. The van der Waals surface area contributed by atoms with Crippen LogP contribution in [-0.4, -0.2) is 30.5 Å². The van der Waals surface area contributed by atoms with Gasteiger partial charge in [0.2, 0.25) is 11.8 Å². The third-order valence-corrected chi connectivity index (χ3v) is 4.61. The molecule has 0 saturated heterocycles. The maximum absolute atomic E-state index is 13.8. The lowest BCUT2D eigenvalue weighted by Crippen LogP contribution is -2.33. The quantitative estimate of drug-likeness (QED) is 0.639. The standard InChI is InChI=1S/C20H18FN3O3S/c1-27-17-8-7-14(10-15(17)21)16-12-28-20(23-16)24-19(26)11-22-18(25)9-13-5-3-2-4-6-13/h2-8,10,12H,9,11H2,1H3,(H,22,25)(H,23,24,26). The van der Waals surface area contributed by atoms with Crippen LogP contribution in [0.25, 0.3) is 11.3 Å². The van der Waals surface area contributed by atoms with E-state index >= 15 is 0 Å². The molecule has 2 N–H and O–H groups in total. The highest BCUT2D eigenvalue weighted by molar-refractivity contribution is 7.14. The summed E-state index contributed by atoms with van der Waals surface area (Å²) in [6.07, 6.45) is 0.207. The molecule has 0 bridgehead atoms. The van der Waals surface area contributed by atoms with E-state index in [1.807, 2.05) is 30.3 Å². The highest BCUT2D eigenvalue weighted by Crippen LogP contribution is 2.28. The number of ether oxygens (including phenoxy) is 1. The molecule has 3 aromatic rings. The maximum Gasteiger partial charge on any atom is 0.245 e. The van der Waals surface area contributed by atoms with E-state index < -0.39 is 5.82 Å². The number of amides is 2. The number of hydrogen-bond donors (Lipinski definition) is 2. The number of nitrogens with one attached hydrogen (secondary N) is 2. The number of rotatable bonds is 7. The van der Waals surface area contributed by atoms with Crippen LogP contribution in [0.2, 0.25) is 0 Å². The number of aromatic nitrogens is 1. The lowest BCUT2D eigenvalue weighted by atomic mass is 10.1. The van der Waals surface area contributed by atoms with Crippen LogP contribution in [0.4, 0.5) is 9.52 Å². The zero-order chi connectivity index (χ0) is 19.9. The first-order chi connectivity index (χ1) is 13.5. The third kappa shape index (κ3) is 5.14. The van der Waals surface area contributed by atoms with E-state index in [2.05, 4.69) is 15.6 Å². The smallest absolute Gasteiger partial charge is 0.245 e. The molecule has 28 heavy (non-hydrogen) atoms. The number of anilines is 1. The Hall–Kier alpha value is -3.26. The fraction of sp³-hybridized carbons (Fsp3) is 0.150. The van der Waals surface area contributed by atoms with Gasteiger partial charge in [0.1, 0.15) is 0 Å². The van der Waals surface area contributed by atoms with Crippen LogP contribution in [-0.2, 0) is 16.0 Å². The Morgan fingerprint density at radius 2 is 1.93 bits per heavy atom. The lowest BCUT2D eigenvalue weighted by molar-refractivity contribution is -0.123. The lowest BCUT2D eigenvalue weighted by Gasteiger charge is -2.05. The molecule has 144 valence electrons. The van der Waals surface area contributed by atoms with Crippen LogP contribution in [0.5, 0.6) is 5.75 Å².